The Labute approximate surface area is 473 Å². The van der Waals surface area contributed by atoms with Gasteiger partial charge in [-0.05, 0) is 130 Å². The fourth-order valence-corrected chi connectivity index (χ4v) is 13.2. The van der Waals surface area contributed by atoms with Crippen LogP contribution in [0.1, 0.15) is 38.9 Å². The fourth-order valence-electron chi connectivity index (χ4n) is 9.79. The lowest BCUT2D eigenvalue weighted by Gasteiger charge is -2.65. The van der Waals surface area contributed by atoms with Crippen LogP contribution in [-0.4, -0.2) is 0 Å². The summed E-state index contributed by atoms with van der Waals surface area (Å²) in [6, 6.07) is 42.8. The summed E-state index contributed by atoms with van der Waals surface area (Å²) in [7, 11) is 0. The molecule has 9 rings (SSSR count). The average molecular weight is 1210 g/mol. The number of alkyl halides is 2. The van der Waals surface area contributed by atoms with Gasteiger partial charge in [-0.2, -0.15) is 0 Å². The molecule has 0 fully saturated rings. The molecule has 1 aliphatic carbocycles. The standard InChI is InChI=1S/C54H27Cl14FO/c55-31-13-11-28(12-14-31)54(69)52(30-22-35(59)24-36(60)23-30,70-37-17-20-44(63)47(66)27-37)49(39-7-4-10-45(64)50(39)67)48(38-18-15-34(58)26-46(38)65)51(40-8-1-2-9-42(40)61,41-25-33(57)16-19-43(41)62)53(54,68)29-5-3-6-32(56)21-29/h1-27H. The molecule has 4 unspecified atom stereocenters. The van der Waals surface area contributed by atoms with Gasteiger partial charge in [0.15, 0.2) is 0 Å². The van der Waals surface area contributed by atoms with Crippen LogP contribution in [0.2, 0.25) is 65.3 Å². The molecule has 0 spiro atoms. The molecule has 70 heavy (non-hydrogen) atoms. The van der Waals surface area contributed by atoms with Crippen LogP contribution >= 0.6 is 162 Å². The van der Waals surface area contributed by atoms with Gasteiger partial charge in [-0.25, -0.2) is 4.39 Å². The molecule has 4 atom stereocenters. The van der Waals surface area contributed by atoms with Gasteiger partial charge in [-0.15, -0.1) is 11.6 Å². The Bertz CT molecular complexity index is 3400. The molecule has 16 heteroatoms. The molecule has 0 aliphatic heterocycles. The Morgan fingerprint density at radius 1 is 0.357 bits per heavy atom. The van der Waals surface area contributed by atoms with Crippen LogP contribution in [-0.2, 0) is 21.6 Å². The zero-order valence-corrected chi connectivity index (χ0v) is 45.7. The molecule has 0 saturated carbocycles. The van der Waals surface area contributed by atoms with Gasteiger partial charge in [0.1, 0.15) is 10.6 Å². The number of allylic oxidation sites excluding steroid dienone is 1. The van der Waals surface area contributed by atoms with Crippen molar-refractivity contribution in [2.24, 2.45) is 0 Å². The van der Waals surface area contributed by atoms with E-state index in [1.54, 1.807) is 97.1 Å². The van der Waals surface area contributed by atoms with Gasteiger partial charge in [0.2, 0.25) is 11.3 Å². The zero-order valence-electron chi connectivity index (χ0n) is 35.2. The van der Waals surface area contributed by atoms with Gasteiger partial charge >= 0.3 is 0 Å². The maximum atomic E-state index is 22.9. The van der Waals surface area contributed by atoms with E-state index in [2.05, 4.69) is 0 Å². The lowest BCUT2D eigenvalue weighted by molar-refractivity contribution is -0.0993. The van der Waals surface area contributed by atoms with Crippen molar-refractivity contribution < 1.29 is 9.13 Å². The zero-order chi connectivity index (χ0) is 50.1. The summed E-state index contributed by atoms with van der Waals surface area (Å²) < 4.78 is 30.6. The first kappa shape index (κ1) is 52.2. The molecule has 8 aromatic carbocycles. The Kier molecular flexibility index (Phi) is 15.0. The molecule has 0 aromatic heterocycles. The topological polar surface area (TPSA) is 9.23 Å². The maximum absolute atomic E-state index is 22.9. The van der Waals surface area contributed by atoms with Crippen molar-refractivity contribution in [3.05, 3.63) is 268 Å². The van der Waals surface area contributed by atoms with E-state index in [0.717, 1.165) is 0 Å². The summed E-state index contributed by atoms with van der Waals surface area (Å²) >= 11 is 102. The maximum Gasteiger partial charge on any atom is 0.208 e. The lowest BCUT2D eigenvalue weighted by atomic mass is 9.43. The molecule has 0 radical (unpaired) electrons. The SMILES string of the molecule is FC1(c2ccc(Cl)cc2)C(Oc2ccc(Cl)c(Cl)c2)(c2cc(Cl)cc(Cl)c2)C(c2cccc(Cl)c2Cl)=C(c2ccc(Cl)cc2Cl)C(c2ccccc2Cl)(c2cc(Cl)ccc2Cl)C1(Cl)c1cccc(Cl)c1. The van der Waals surface area contributed by atoms with Gasteiger partial charge in [0.25, 0.3) is 0 Å². The smallest absolute Gasteiger partial charge is 0.208 e. The van der Waals surface area contributed by atoms with Crippen LogP contribution < -0.4 is 4.74 Å². The Hall–Kier alpha value is -2.71. The third-order valence-electron chi connectivity index (χ3n) is 12.4. The molecular weight excluding hydrogens is 1180 g/mol. The summed E-state index contributed by atoms with van der Waals surface area (Å²) in [5.41, 5.74) is -7.64. The van der Waals surface area contributed by atoms with Gasteiger partial charge in [-0.1, -0.05) is 211 Å². The van der Waals surface area contributed by atoms with Gasteiger partial charge in [0.05, 0.1) is 25.5 Å². The third kappa shape index (κ3) is 8.40. The number of hydrogen-bond acceptors (Lipinski definition) is 1. The highest BCUT2D eigenvalue weighted by atomic mass is 35.5. The lowest BCUT2D eigenvalue weighted by Crippen LogP contribution is -2.70. The van der Waals surface area contributed by atoms with E-state index in [9.17, 15) is 0 Å². The predicted octanol–water partition coefficient (Wildman–Crippen LogP) is 22.1. The first-order valence-electron chi connectivity index (χ1n) is 20.7. The van der Waals surface area contributed by atoms with E-state index >= 15 is 4.39 Å². The molecule has 0 N–H and O–H groups in total. The number of ether oxygens (including phenoxy) is 1. The second kappa shape index (κ2) is 20.2. The Balaban J connectivity index is 1.79. The highest BCUT2D eigenvalue weighted by Gasteiger charge is 2.81. The Morgan fingerprint density at radius 3 is 1.61 bits per heavy atom. The van der Waals surface area contributed by atoms with E-state index in [-0.39, 0.29) is 121 Å². The van der Waals surface area contributed by atoms with E-state index in [1.807, 2.05) is 0 Å². The average Bonchev–Trinajstić information content (AvgIpc) is 3.31. The monoisotopic (exact) mass is 1200 g/mol. The van der Waals surface area contributed by atoms with E-state index in [4.69, 9.17) is 167 Å². The second-order valence-corrected chi connectivity index (χ2v) is 22.2. The molecule has 1 nitrogen and oxygen atoms in total. The predicted molar refractivity (Wildman–Crippen MR) is 297 cm³/mol. The number of rotatable bonds is 9. The minimum absolute atomic E-state index is 0.000784. The van der Waals surface area contributed by atoms with E-state index in [0.29, 0.717) is 0 Å². The fraction of sp³-hybridized carbons (Fsp3) is 0.0741. The van der Waals surface area contributed by atoms with Crippen molar-refractivity contribution >= 4 is 174 Å². The van der Waals surface area contributed by atoms with Crippen molar-refractivity contribution in [3.8, 4) is 5.75 Å². The first-order chi connectivity index (χ1) is 33.3. The van der Waals surface area contributed by atoms with Crippen molar-refractivity contribution in [3.63, 3.8) is 0 Å². The van der Waals surface area contributed by atoms with Crippen LogP contribution in [0, 0.1) is 0 Å². The first-order valence-corrected chi connectivity index (χ1v) is 25.9. The summed E-state index contributed by atoms with van der Waals surface area (Å²) in [5, 5.41) is 1.48. The van der Waals surface area contributed by atoms with E-state index in [1.165, 1.54) is 66.7 Å². The number of halogens is 15. The normalized spacial score (nSPS) is 21.2. The molecule has 354 valence electrons. The van der Waals surface area contributed by atoms with Crippen LogP contribution in [0.5, 0.6) is 5.75 Å². The van der Waals surface area contributed by atoms with Gasteiger partial charge in [-0.3, -0.25) is 0 Å². The molecule has 1 aliphatic rings. The summed E-state index contributed by atoms with van der Waals surface area (Å²) in [4.78, 5) is -2.73. The highest BCUT2D eigenvalue weighted by Crippen LogP contribution is 2.79. The largest absolute Gasteiger partial charge is 0.474 e. The van der Waals surface area contributed by atoms with Crippen LogP contribution in [0.15, 0.2) is 164 Å². The van der Waals surface area contributed by atoms with Crippen molar-refractivity contribution in [1.82, 2.24) is 0 Å². The van der Waals surface area contributed by atoms with E-state index < -0.39 is 21.6 Å². The molecular formula is C54H27Cl14FO. The Morgan fingerprint density at radius 2 is 0.943 bits per heavy atom. The summed E-state index contributed by atoms with van der Waals surface area (Å²) in [6.45, 7) is 0. The molecule has 0 amide bonds. The minimum Gasteiger partial charge on any atom is -0.474 e. The van der Waals surface area contributed by atoms with Gasteiger partial charge < -0.3 is 4.74 Å². The summed E-state index contributed by atoms with van der Waals surface area (Å²) in [6.07, 6.45) is 0. The molecule has 0 saturated heterocycles. The molecule has 0 bridgehead atoms. The molecule has 0 heterocycles. The summed E-state index contributed by atoms with van der Waals surface area (Å²) in [5.74, 6) is -0.0187. The molecule has 8 aromatic rings. The second-order valence-electron chi connectivity index (χ2n) is 16.2. The number of hydrogen-bond donors (Lipinski definition) is 0. The minimum atomic E-state index is -3.31. The van der Waals surface area contributed by atoms with Crippen molar-refractivity contribution in [2.45, 2.75) is 21.6 Å². The quantitative estimate of drug-likeness (QED) is 0.131. The highest BCUT2D eigenvalue weighted by molar-refractivity contribution is 6.45. The van der Waals surface area contributed by atoms with Gasteiger partial charge in [0, 0.05) is 68.0 Å². The van der Waals surface area contributed by atoms with Crippen molar-refractivity contribution in [1.29, 1.82) is 0 Å². The van der Waals surface area contributed by atoms with Crippen LogP contribution in [0.4, 0.5) is 4.39 Å². The van der Waals surface area contributed by atoms with Crippen LogP contribution in [0.25, 0.3) is 11.1 Å². The van der Waals surface area contributed by atoms with Crippen LogP contribution in [0.3, 0.4) is 0 Å². The third-order valence-corrected chi connectivity index (χ3v) is 17.1. The number of benzene rings is 8. The van der Waals surface area contributed by atoms with Crippen molar-refractivity contribution in [2.75, 3.05) is 0 Å².